The summed E-state index contributed by atoms with van der Waals surface area (Å²) >= 11 is 0. The molecule has 0 saturated heterocycles. The van der Waals surface area contributed by atoms with Crippen LogP contribution in [0.4, 0.5) is 0 Å². The number of methoxy groups -OCH3 is 1. The van der Waals surface area contributed by atoms with Gasteiger partial charge >= 0.3 is 5.97 Å². The molecule has 0 aliphatic rings. The highest BCUT2D eigenvalue weighted by molar-refractivity contribution is 7.90. The number of hydrogen-bond donors (Lipinski definition) is 0. The van der Waals surface area contributed by atoms with Crippen LogP contribution >= 0.6 is 0 Å². The van der Waals surface area contributed by atoms with E-state index in [0.29, 0.717) is 6.29 Å². The maximum Gasteiger partial charge on any atom is 0.355 e. The molecular weight excluding hydrogens is 294 g/mol. The van der Waals surface area contributed by atoms with Gasteiger partial charge in [0.2, 0.25) is 0 Å². The molecule has 110 valence electrons. The minimum absolute atomic E-state index is 0.0197. The molecule has 0 bridgehead atoms. The van der Waals surface area contributed by atoms with Crippen LogP contribution in [0.15, 0.2) is 41.4 Å². The molecule has 1 aromatic carbocycles. The maximum absolute atomic E-state index is 12.6. The van der Waals surface area contributed by atoms with Gasteiger partial charge in [0.15, 0.2) is 6.29 Å². The van der Waals surface area contributed by atoms with Gasteiger partial charge in [0.1, 0.15) is 5.69 Å². The third-order valence-corrected chi connectivity index (χ3v) is 4.60. The monoisotopic (exact) mass is 307 g/mol. The maximum atomic E-state index is 12.6. The van der Waals surface area contributed by atoms with E-state index in [2.05, 4.69) is 4.74 Å². The molecule has 7 heteroatoms. The topological polar surface area (TPSA) is 82.4 Å². The molecule has 0 fully saturated rings. The van der Waals surface area contributed by atoms with Crippen molar-refractivity contribution in [3.8, 4) is 0 Å². The number of nitrogens with zero attached hydrogens (tertiary/aromatic N) is 1. The van der Waals surface area contributed by atoms with Crippen LogP contribution in [0.25, 0.3) is 0 Å². The van der Waals surface area contributed by atoms with E-state index >= 15 is 0 Å². The van der Waals surface area contributed by atoms with E-state index in [1.807, 2.05) is 6.92 Å². The highest BCUT2D eigenvalue weighted by Crippen LogP contribution is 2.19. The van der Waals surface area contributed by atoms with E-state index in [1.165, 1.54) is 18.2 Å². The Kier molecular flexibility index (Phi) is 3.95. The summed E-state index contributed by atoms with van der Waals surface area (Å²) in [6.45, 7) is 1.83. The number of ether oxygens (including phenoxy) is 1. The average Bonchev–Trinajstić information content (AvgIpc) is 2.92. The molecule has 0 aliphatic heterocycles. The van der Waals surface area contributed by atoms with Gasteiger partial charge in [-0.15, -0.1) is 0 Å². The smallest absolute Gasteiger partial charge is 0.355 e. The number of rotatable bonds is 4. The normalized spacial score (nSPS) is 11.1. The van der Waals surface area contributed by atoms with Gasteiger partial charge in [0, 0.05) is 11.8 Å². The predicted octanol–water partition coefficient (Wildman–Crippen LogP) is 1.63. The van der Waals surface area contributed by atoms with Crippen molar-refractivity contribution in [3.05, 3.63) is 53.3 Å². The fourth-order valence-corrected chi connectivity index (χ4v) is 3.16. The Balaban J connectivity index is 2.64. The second kappa shape index (κ2) is 5.53. The van der Waals surface area contributed by atoms with Crippen LogP contribution in [-0.2, 0) is 14.8 Å². The lowest BCUT2D eigenvalue weighted by molar-refractivity contribution is 0.0593. The zero-order chi connectivity index (χ0) is 15.6. The highest BCUT2D eigenvalue weighted by Gasteiger charge is 2.24. The number of carbonyl (C=O) groups excluding carboxylic acids is 2. The number of aldehydes is 1. The molecule has 1 heterocycles. The first-order valence-corrected chi connectivity index (χ1v) is 7.42. The van der Waals surface area contributed by atoms with E-state index in [0.717, 1.165) is 22.8 Å². The Morgan fingerprint density at radius 1 is 1.24 bits per heavy atom. The number of benzene rings is 1. The zero-order valence-electron chi connectivity index (χ0n) is 11.4. The van der Waals surface area contributed by atoms with Crippen LogP contribution in [0.2, 0.25) is 0 Å². The number of esters is 1. The molecule has 0 atom stereocenters. The van der Waals surface area contributed by atoms with Crippen LogP contribution < -0.4 is 0 Å². The fraction of sp³-hybridized carbons (Fsp3) is 0.143. The minimum Gasteiger partial charge on any atom is -0.464 e. The van der Waals surface area contributed by atoms with Crippen molar-refractivity contribution < 1.29 is 22.7 Å². The van der Waals surface area contributed by atoms with E-state index in [9.17, 15) is 18.0 Å². The predicted molar refractivity (Wildman–Crippen MR) is 74.9 cm³/mol. The molecule has 0 amide bonds. The molecule has 2 aromatic rings. The second-order valence-corrected chi connectivity index (χ2v) is 6.20. The van der Waals surface area contributed by atoms with Crippen molar-refractivity contribution in [1.29, 1.82) is 0 Å². The standard InChI is InChI=1S/C14H13NO5S/c1-10-3-5-12(6-4-10)21(18,19)15-8-11(9-16)7-13(15)14(17)20-2/h3-9H,1-2H3. The molecule has 6 nitrogen and oxygen atoms in total. The number of hydrogen-bond acceptors (Lipinski definition) is 5. The zero-order valence-corrected chi connectivity index (χ0v) is 12.3. The molecule has 0 aliphatic carbocycles. The second-order valence-electron chi connectivity index (χ2n) is 4.38. The van der Waals surface area contributed by atoms with Crippen molar-refractivity contribution in [2.75, 3.05) is 7.11 Å². The number of aromatic nitrogens is 1. The third-order valence-electron chi connectivity index (χ3n) is 2.92. The van der Waals surface area contributed by atoms with Gasteiger partial charge in [-0.1, -0.05) is 17.7 Å². The first kappa shape index (κ1) is 15.0. The van der Waals surface area contributed by atoms with Crippen molar-refractivity contribution >= 4 is 22.3 Å². The molecule has 2 rings (SSSR count). The Bertz CT molecular complexity index is 787. The van der Waals surface area contributed by atoms with Crippen LogP contribution in [-0.4, -0.2) is 31.8 Å². The summed E-state index contributed by atoms with van der Waals surface area (Å²) in [6.07, 6.45) is 1.56. The molecular formula is C14H13NO5S. The SMILES string of the molecule is COC(=O)c1cc(C=O)cn1S(=O)(=O)c1ccc(C)cc1. The van der Waals surface area contributed by atoms with Gasteiger partial charge in [-0.25, -0.2) is 17.2 Å². The van der Waals surface area contributed by atoms with Crippen molar-refractivity contribution in [2.24, 2.45) is 0 Å². The Morgan fingerprint density at radius 2 is 1.86 bits per heavy atom. The summed E-state index contributed by atoms with van der Waals surface area (Å²) in [4.78, 5) is 22.5. The first-order valence-electron chi connectivity index (χ1n) is 5.98. The van der Waals surface area contributed by atoms with Gasteiger partial charge in [-0.05, 0) is 25.1 Å². The molecule has 0 spiro atoms. The Hall–Kier alpha value is -2.41. The van der Waals surface area contributed by atoms with Crippen molar-refractivity contribution in [2.45, 2.75) is 11.8 Å². The van der Waals surface area contributed by atoms with Gasteiger partial charge in [0.25, 0.3) is 10.0 Å². The Morgan fingerprint density at radius 3 is 2.38 bits per heavy atom. The number of carbonyl (C=O) groups is 2. The van der Waals surface area contributed by atoms with Crippen molar-refractivity contribution in [1.82, 2.24) is 3.97 Å². The molecule has 1 aromatic heterocycles. The van der Waals surface area contributed by atoms with Crippen molar-refractivity contribution in [3.63, 3.8) is 0 Å². The van der Waals surface area contributed by atoms with Gasteiger partial charge in [-0.3, -0.25) is 4.79 Å². The Labute approximate surface area is 122 Å². The van der Waals surface area contributed by atoms with Gasteiger partial charge in [0.05, 0.1) is 12.0 Å². The molecule has 21 heavy (non-hydrogen) atoms. The summed E-state index contributed by atoms with van der Waals surface area (Å²) in [7, 11) is -2.84. The van der Waals surface area contributed by atoms with E-state index in [1.54, 1.807) is 12.1 Å². The minimum atomic E-state index is -3.97. The summed E-state index contributed by atoms with van der Waals surface area (Å²) in [5, 5.41) is 0. The van der Waals surface area contributed by atoms with Crippen LogP contribution in [0.1, 0.15) is 26.4 Å². The van der Waals surface area contributed by atoms with Gasteiger partial charge in [-0.2, -0.15) is 0 Å². The van der Waals surface area contributed by atoms with E-state index < -0.39 is 16.0 Å². The van der Waals surface area contributed by atoms with E-state index in [4.69, 9.17) is 0 Å². The van der Waals surface area contributed by atoms with Gasteiger partial charge < -0.3 is 4.74 Å². The van der Waals surface area contributed by atoms with Crippen LogP contribution in [0.3, 0.4) is 0 Å². The van der Waals surface area contributed by atoms with E-state index in [-0.39, 0.29) is 16.2 Å². The summed E-state index contributed by atoms with van der Waals surface area (Å²) in [6, 6.07) is 7.34. The van der Waals surface area contributed by atoms with Crippen LogP contribution in [0.5, 0.6) is 0 Å². The molecule has 0 unspecified atom stereocenters. The highest BCUT2D eigenvalue weighted by atomic mass is 32.2. The summed E-state index contributed by atoms with van der Waals surface area (Å²) in [5.41, 5.74) is 0.759. The quantitative estimate of drug-likeness (QED) is 0.633. The summed E-state index contributed by atoms with van der Waals surface area (Å²) in [5.74, 6) is -0.834. The fourth-order valence-electron chi connectivity index (χ4n) is 1.80. The summed E-state index contributed by atoms with van der Waals surface area (Å²) < 4.78 is 30.4. The van der Waals surface area contributed by atoms with Crippen LogP contribution in [0, 0.1) is 6.92 Å². The third kappa shape index (κ3) is 2.73. The molecule has 0 radical (unpaired) electrons. The average molecular weight is 307 g/mol. The lowest BCUT2D eigenvalue weighted by Gasteiger charge is -2.09. The largest absolute Gasteiger partial charge is 0.464 e. The first-order chi connectivity index (χ1) is 9.90. The lowest BCUT2D eigenvalue weighted by Crippen LogP contribution is -2.18. The molecule has 0 saturated carbocycles. The molecule has 0 N–H and O–H groups in total. The number of aryl methyl sites for hydroxylation is 1. The lowest BCUT2D eigenvalue weighted by atomic mass is 10.2.